The van der Waals surface area contributed by atoms with E-state index in [1.54, 1.807) is 20.8 Å². The van der Waals surface area contributed by atoms with Gasteiger partial charge in [-0.3, -0.25) is 0 Å². The van der Waals surface area contributed by atoms with Crippen LogP contribution in [0.3, 0.4) is 0 Å². The van der Waals surface area contributed by atoms with Crippen molar-refractivity contribution in [1.82, 2.24) is 0 Å². The van der Waals surface area contributed by atoms with Crippen LogP contribution in [-0.4, -0.2) is 34.2 Å². The summed E-state index contributed by atoms with van der Waals surface area (Å²) in [6.07, 6.45) is -2.66. The topological polar surface area (TPSA) is 91.6 Å². The molecule has 7 nitrogen and oxygen atoms in total. The minimum atomic E-state index is -0.899. The van der Waals surface area contributed by atoms with E-state index in [-0.39, 0.29) is 0 Å². The number of nitrogens with zero attached hydrogens (tertiary/aromatic N) is 1. The maximum absolute atomic E-state index is 9.52. The van der Waals surface area contributed by atoms with Crippen LogP contribution in [-0.2, 0) is 0 Å². The van der Waals surface area contributed by atoms with Gasteiger partial charge in [0.2, 0.25) is 0 Å². The van der Waals surface area contributed by atoms with E-state index in [0.29, 0.717) is 17.2 Å². The van der Waals surface area contributed by atoms with E-state index < -0.39 is 18.9 Å². The first-order chi connectivity index (χ1) is 17.8. The van der Waals surface area contributed by atoms with E-state index in [2.05, 4.69) is 4.90 Å². The van der Waals surface area contributed by atoms with Gasteiger partial charge in [0.25, 0.3) is 0 Å². The fourth-order valence-electron chi connectivity index (χ4n) is 3.91. The van der Waals surface area contributed by atoms with E-state index in [4.69, 9.17) is 14.2 Å². The Bertz CT molecular complexity index is 1200. The zero-order valence-corrected chi connectivity index (χ0v) is 21.0. The third kappa shape index (κ3) is 7.01. The van der Waals surface area contributed by atoms with Gasteiger partial charge in [0, 0.05) is 17.1 Å². The van der Waals surface area contributed by atoms with E-state index >= 15 is 0 Å². The Morgan fingerprint density at radius 2 is 0.676 bits per heavy atom. The fraction of sp³-hybridized carbons (Fsp3) is 0.200. The lowest BCUT2D eigenvalue weighted by molar-refractivity contribution is -0.000873. The monoisotopic (exact) mass is 501 g/mol. The molecule has 7 heteroatoms. The number of aliphatic hydroxyl groups is 3. The third-order valence-corrected chi connectivity index (χ3v) is 5.42. The van der Waals surface area contributed by atoms with Crippen LogP contribution in [0.4, 0.5) is 17.1 Å². The number of hydrogen-bond acceptors (Lipinski definition) is 7. The molecule has 3 atom stereocenters. The van der Waals surface area contributed by atoms with Crippen LogP contribution in [0.5, 0.6) is 17.2 Å². The summed E-state index contributed by atoms with van der Waals surface area (Å²) in [5.41, 5.74) is 4.79. The van der Waals surface area contributed by atoms with Gasteiger partial charge in [0.15, 0.2) is 18.9 Å². The summed E-state index contributed by atoms with van der Waals surface area (Å²) in [6, 6.07) is 30.7. The smallest absolute Gasteiger partial charge is 0.194 e. The molecule has 0 saturated carbocycles. The molecule has 37 heavy (non-hydrogen) atoms. The number of anilines is 3. The number of rotatable bonds is 10. The molecular formula is C30H31NO6. The van der Waals surface area contributed by atoms with E-state index in [0.717, 1.165) is 28.2 Å². The molecule has 0 aliphatic heterocycles. The molecule has 3 N–H and O–H groups in total. The first-order valence-corrected chi connectivity index (χ1v) is 12.0. The van der Waals surface area contributed by atoms with Gasteiger partial charge in [0.1, 0.15) is 17.2 Å². The van der Waals surface area contributed by atoms with Gasteiger partial charge < -0.3 is 34.4 Å². The number of benzene rings is 4. The highest BCUT2D eigenvalue weighted by atomic mass is 16.6. The van der Waals surface area contributed by atoms with E-state index in [1.165, 1.54) is 0 Å². The minimum Gasteiger partial charge on any atom is -0.465 e. The van der Waals surface area contributed by atoms with Crippen LogP contribution in [0.25, 0.3) is 11.1 Å². The molecule has 0 spiro atoms. The Morgan fingerprint density at radius 3 is 0.973 bits per heavy atom. The number of aliphatic hydroxyl groups excluding tert-OH is 3. The molecular weight excluding hydrogens is 470 g/mol. The second-order valence-electron chi connectivity index (χ2n) is 8.55. The van der Waals surface area contributed by atoms with Crippen molar-refractivity contribution in [2.75, 3.05) is 4.90 Å². The molecule has 3 unspecified atom stereocenters. The molecule has 0 heterocycles. The molecule has 0 aliphatic carbocycles. The molecule has 0 saturated heterocycles. The predicted octanol–water partition coefficient (Wildman–Crippen LogP) is 5.97. The lowest BCUT2D eigenvalue weighted by Gasteiger charge is -2.26. The molecule has 0 aliphatic rings. The molecule has 0 bridgehead atoms. The Balaban J connectivity index is 1.65. The molecule has 0 radical (unpaired) electrons. The highest BCUT2D eigenvalue weighted by Crippen LogP contribution is 2.37. The van der Waals surface area contributed by atoms with Gasteiger partial charge in [-0.2, -0.15) is 0 Å². The van der Waals surface area contributed by atoms with Crippen molar-refractivity contribution in [3.63, 3.8) is 0 Å². The van der Waals surface area contributed by atoms with E-state index in [9.17, 15) is 15.3 Å². The van der Waals surface area contributed by atoms with Crippen molar-refractivity contribution in [2.45, 2.75) is 39.6 Å². The molecule has 192 valence electrons. The van der Waals surface area contributed by atoms with Crippen LogP contribution in [0.15, 0.2) is 97.1 Å². The van der Waals surface area contributed by atoms with Gasteiger partial charge >= 0.3 is 0 Å². The van der Waals surface area contributed by atoms with Crippen LogP contribution in [0, 0.1) is 0 Å². The summed E-state index contributed by atoms with van der Waals surface area (Å²) < 4.78 is 16.1. The van der Waals surface area contributed by atoms with E-state index in [1.807, 2.05) is 97.1 Å². The van der Waals surface area contributed by atoms with Crippen LogP contribution in [0.2, 0.25) is 0 Å². The summed E-state index contributed by atoms with van der Waals surface area (Å²) in [6.45, 7) is 4.69. The highest BCUT2D eigenvalue weighted by molar-refractivity contribution is 5.78. The maximum Gasteiger partial charge on any atom is 0.194 e. The standard InChI is InChI=1S/C30H31NO6/c1-20(32)35-28-14-6-24(7-15-28)23-4-8-25(9-5-23)31(26-10-16-29(17-11-26)36-21(2)33)27-12-18-30(19-13-27)37-22(3)34/h4-22,32-34H,1-3H3. The Labute approximate surface area is 216 Å². The SMILES string of the molecule is CC(O)Oc1ccc(-c2ccc(N(c3ccc(OC(C)O)cc3)c3ccc(OC(C)O)cc3)cc2)cc1. The van der Waals surface area contributed by atoms with Gasteiger partial charge in [0.05, 0.1) is 0 Å². The van der Waals surface area contributed by atoms with Crippen molar-refractivity contribution < 1.29 is 29.5 Å². The minimum absolute atomic E-state index is 0.567. The molecule has 4 aromatic rings. The van der Waals surface area contributed by atoms with Gasteiger partial charge in [-0.25, -0.2) is 0 Å². The fourth-order valence-corrected chi connectivity index (χ4v) is 3.91. The quantitative estimate of drug-likeness (QED) is 0.230. The summed E-state index contributed by atoms with van der Waals surface area (Å²) >= 11 is 0. The average molecular weight is 502 g/mol. The van der Waals surface area contributed by atoms with Crippen molar-refractivity contribution in [1.29, 1.82) is 0 Å². The summed E-state index contributed by atoms with van der Waals surface area (Å²) in [5.74, 6) is 1.74. The molecule has 4 aromatic carbocycles. The molecule has 0 fully saturated rings. The normalized spacial score (nSPS) is 13.4. The zero-order valence-electron chi connectivity index (χ0n) is 21.0. The predicted molar refractivity (Wildman–Crippen MR) is 143 cm³/mol. The molecule has 0 amide bonds. The zero-order chi connectivity index (χ0) is 26.4. The lowest BCUT2D eigenvalue weighted by atomic mass is 10.0. The van der Waals surface area contributed by atoms with Crippen molar-refractivity contribution in [3.05, 3.63) is 97.1 Å². The van der Waals surface area contributed by atoms with Crippen LogP contribution >= 0.6 is 0 Å². The second kappa shape index (κ2) is 11.8. The summed E-state index contributed by atoms with van der Waals surface area (Å²) in [7, 11) is 0. The third-order valence-electron chi connectivity index (χ3n) is 5.42. The molecule has 0 aromatic heterocycles. The summed E-state index contributed by atoms with van der Waals surface area (Å²) in [4.78, 5) is 2.08. The second-order valence-corrected chi connectivity index (χ2v) is 8.55. The average Bonchev–Trinajstić information content (AvgIpc) is 2.86. The van der Waals surface area contributed by atoms with Crippen molar-refractivity contribution in [3.8, 4) is 28.4 Å². The highest BCUT2D eigenvalue weighted by Gasteiger charge is 2.14. The van der Waals surface area contributed by atoms with Crippen molar-refractivity contribution in [2.24, 2.45) is 0 Å². The van der Waals surface area contributed by atoms with Gasteiger partial charge in [-0.15, -0.1) is 0 Å². The number of hydrogen-bond donors (Lipinski definition) is 3. The van der Waals surface area contributed by atoms with Crippen LogP contribution in [0.1, 0.15) is 20.8 Å². The number of ether oxygens (including phenoxy) is 3. The first kappa shape index (κ1) is 26.0. The van der Waals surface area contributed by atoms with Crippen molar-refractivity contribution >= 4 is 17.1 Å². The van der Waals surface area contributed by atoms with Crippen LogP contribution < -0.4 is 19.1 Å². The Kier molecular flexibility index (Phi) is 8.30. The van der Waals surface area contributed by atoms with Gasteiger partial charge in [-0.05, 0) is 105 Å². The summed E-state index contributed by atoms with van der Waals surface area (Å²) in [5, 5.41) is 28.5. The first-order valence-electron chi connectivity index (χ1n) is 12.0. The Hall–Kier alpha value is -4.04. The Morgan fingerprint density at radius 1 is 0.432 bits per heavy atom. The maximum atomic E-state index is 9.52. The van der Waals surface area contributed by atoms with Gasteiger partial charge in [-0.1, -0.05) is 24.3 Å². The lowest BCUT2D eigenvalue weighted by Crippen LogP contribution is -2.12. The molecule has 4 rings (SSSR count). The largest absolute Gasteiger partial charge is 0.465 e.